The topological polar surface area (TPSA) is 81.0 Å². The number of carbonyl (C=O) groups is 1. The number of H-pyrrole nitrogens is 1. The lowest BCUT2D eigenvalue weighted by molar-refractivity contribution is -0.140. The molecule has 0 saturated heterocycles. The molecule has 1 heterocycles. The van der Waals surface area contributed by atoms with Gasteiger partial charge in [-0.05, 0) is 30.2 Å². The van der Waals surface area contributed by atoms with Crippen molar-refractivity contribution in [3.63, 3.8) is 0 Å². The Morgan fingerprint density at radius 2 is 2.20 bits per heavy atom. The van der Waals surface area contributed by atoms with E-state index in [2.05, 4.69) is 10.2 Å². The van der Waals surface area contributed by atoms with Gasteiger partial charge in [0.2, 0.25) is 0 Å². The van der Waals surface area contributed by atoms with E-state index < -0.39 is 11.7 Å². The van der Waals surface area contributed by atoms with Crippen molar-refractivity contribution in [1.29, 1.82) is 0 Å². The van der Waals surface area contributed by atoms with Crippen molar-refractivity contribution in [3.8, 4) is 0 Å². The van der Waals surface area contributed by atoms with Gasteiger partial charge in [0.05, 0.1) is 18.5 Å². The summed E-state index contributed by atoms with van der Waals surface area (Å²) in [7, 11) is 1.33. The summed E-state index contributed by atoms with van der Waals surface area (Å²) < 4.78 is 19.2. The van der Waals surface area contributed by atoms with Crippen LogP contribution in [-0.4, -0.2) is 23.3 Å². The van der Waals surface area contributed by atoms with E-state index in [4.69, 9.17) is 22.1 Å². The number of rotatable bonds is 5. The minimum atomic E-state index is -0.436. The summed E-state index contributed by atoms with van der Waals surface area (Å²) in [6.45, 7) is 0. The summed E-state index contributed by atoms with van der Waals surface area (Å²) in [6.07, 6.45) is 0.503. The van der Waals surface area contributed by atoms with Crippen molar-refractivity contribution >= 4 is 34.2 Å². The van der Waals surface area contributed by atoms with E-state index >= 15 is 0 Å². The predicted molar refractivity (Wildman–Crippen MR) is 95.0 cm³/mol. The van der Waals surface area contributed by atoms with Gasteiger partial charge in [0.25, 0.3) is 0 Å². The molecule has 1 unspecified atom stereocenters. The number of nitrogens with two attached hydrogens (primary N) is 1. The summed E-state index contributed by atoms with van der Waals surface area (Å²) in [5, 5.41) is 8.31. The zero-order valence-electron chi connectivity index (χ0n) is 13.6. The Labute approximate surface area is 148 Å². The van der Waals surface area contributed by atoms with E-state index in [1.807, 2.05) is 12.1 Å². The standard InChI is InChI=1S/C18H17ClFN3O2/c1-25-16(24)8-7-12(11-6-5-10(19)9-14(11)20)17-13-3-2-4-15(21)18(13)23-22-17/h2-6,9,12H,7-8,21H2,1H3,(H,22,23). The second-order valence-corrected chi connectivity index (χ2v) is 6.15. The number of hydrogen-bond donors (Lipinski definition) is 2. The molecule has 5 nitrogen and oxygen atoms in total. The number of hydrogen-bond acceptors (Lipinski definition) is 4. The molecule has 0 saturated carbocycles. The molecule has 25 heavy (non-hydrogen) atoms. The van der Waals surface area contributed by atoms with Gasteiger partial charge in [-0.25, -0.2) is 4.39 Å². The van der Waals surface area contributed by atoms with Crippen molar-refractivity contribution in [1.82, 2.24) is 10.2 Å². The molecule has 2 aromatic carbocycles. The first-order chi connectivity index (χ1) is 12.0. The highest BCUT2D eigenvalue weighted by molar-refractivity contribution is 6.30. The number of halogens is 2. The number of nitrogens with zero attached hydrogens (tertiary/aromatic N) is 1. The lowest BCUT2D eigenvalue weighted by atomic mass is 9.89. The third-order valence-corrected chi connectivity index (χ3v) is 4.43. The summed E-state index contributed by atoms with van der Waals surface area (Å²) in [4.78, 5) is 11.6. The van der Waals surface area contributed by atoms with Crippen LogP contribution in [0.25, 0.3) is 10.9 Å². The first kappa shape index (κ1) is 17.2. The van der Waals surface area contributed by atoms with Gasteiger partial charge < -0.3 is 10.5 Å². The molecule has 0 aliphatic heterocycles. The molecule has 0 bridgehead atoms. The Morgan fingerprint density at radius 1 is 1.40 bits per heavy atom. The second kappa shape index (κ2) is 7.11. The molecule has 0 radical (unpaired) electrons. The van der Waals surface area contributed by atoms with Crippen LogP contribution in [0.4, 0.5) is 10.1 Å². The van der Waals surface area contributed by atoms with Crippen LogP contribution < -0.4 is 5.73 Å². The number of ether oxygens (including phenoxy) is 1. The van der Waals surface area contributed by atoms with E-state index in [0.717, 1.165) is 5.39 Å². The maximum Gasteiger partial charge on any atom is 0.305 e. The number of para-hydroxylation sites is 1. The number of aromatic amines is 1. The number of fused-ring (bicyclic) bond motifs is 1. The number of carbonyl (C=O) groups excluding carboxylic acids is 1. The molecule has 1 aromatic heterocycles. The summed E-state index contributed by atoms with van der Waals surface area (Å²) in [6, 6.07) is 9.93. The monoisotopic (exact) mass is 361 g/mol. The van der Waals surface area contributed by atoms with Gasteiger partial charge >= 0.3 is 5.97 Å². The van der Waals surface area contributed by atoms with Gasteiger partial charge in [0, 0.05) is 22.7 Å². The molecule has 3 aromatic rings. The molecule has 0 amide bonds. The van der Waals surface area contributed by atoms with Crippen molar-refractivity contribution in [3.05, 3.63) is 58.5 Å². The summed E-state index contributed by atoms with van der Waals surface area (Å²) in [5.74, 6) is -1.21. The largest absolute Gasteiger partial charge is 0.469 e. The number of methoxy groups -OCH3 is 1. The van der Waals surface area contributed by atoms with Gasteiger partial charge in [-0.2, -0.15) is 5.10 Å². The average Bonchev–Trinajstić information content (AvgIpc) is 3.02. The first-order valence-electron chi connectivity index (χ1n) is 7.75. The molecule has 3 rings (SSSR count). The fraction of sp³-hybridized carbons (Fsp3) is 0.222. The number of aromatic nitrogens is 2. The Bertz CT molecular complexity index is 926. The third-order valence-electron chi connectivity index (χ3n) is 4.20. The van der Waals surface area contributed by atoms with Crippen molar-refractivity contribution < 1.29 is 13.9 Å². The molecule has 130 valence electrons. The average molecular weight is 362 g/mol. The number of benzene rings is 2. The van der Waals surface area contributed by atoms with Crippen LogP contribution in [0, 0.1) is 5.82 Å². The van der Waals surface area contributed by atoms with E-state index in [9.17, 15) is 9.18 Å². The third kappa shape index (κ3) is 3.44. The first-order valence-corrected chi connectivity index (χ1v) is 8.13. The van der Waals surface area contributed by atoms with Gasteiger partial charge in [-0.1, -0.05) is 29.8 Å². The van der Waals surface area contributed by atoms with Crippen LogP contribution >= 0.6 is 11.6 Å². The zero-order chi connectivity index (χ0) is 18.0. The summed E-state index contributed by atoms with van der Waals surface area (Å²) >= 11 is 5.86. The van der Waals surface area contributed by atoms with Gasteiger partial charge in [0.1, 0.15) is 11.3 Å². The highest BCUT2D eigenvalue weighted by Gasteiger charge is 2.24. The quantitative estimate of drug-likeness (QED) is 0.531. The van der Waals surface area contributed by atoms with Crippen molar-refractivity contribution in [2.75, 3.05) is 12.8 Å². The van der Waals surface area contributed by atoms with Crippen molar-refractivity contribution in [2.45, 2.75) is 18.8 Å². The molecule has 1 atom stereocenters. The summed E-state index contributed by atoms with van der Waals surface area (Å²) in [5.41, 5.74) is 8.24. The fourth-order valence-corrected chi connectivity index (χ4v) is 3.11. The number of nitrogen functional groups attached to an aromatic ring is 1. The molecule has 0 aliphatic rings. The van der Waals surface area contributed by atoms with E-state index in [0.29, 0.717) is 33.9 Å². The number of esters is 1. The number of anilines is 1. The molecule has 0 spiro atoms. The van der Waals surface area contributed by atoms with Crippen molar-refractivity contribution in [2.24, 2.45) is 0 Å². The predicted octanol–water partition coefficient (Wildman–Crippen LogP) is 4.02. The SMILES string of the molecule is COC(=O)CCC(c1ccc(Cl)cc1F)c1[nH]nc2c(N)cccc12. The Morgan fingerprint density at radius 3 is 2.92 bits per heavy atom. The second-order valence-electron chi connectivity index (χ2n) is 5.71. The maximum atomic E-state index is 14.5. The van der Waals surface area contributed by atoms with Crippen LogP contribution in [0.3, 0.4) is 0 Å². The Hall–Kier alpha value is -2.60. The van der Waals surface area contributed by atoms with Crippen LogP contribution in [0.1, 0.15) is 30.0 Å². The lowest BCUT2D eigenvalue weighted by Gasteiger charge is -2.17. The van der Waals surface area contributed by atoms with Crippen LogP contribution in [-0.2, 0) is 9.53 Å². The maximum absolute atomic E-state index is 14.5. The van der Waals surface area contributed by atoms with Gasteiger partial charge in [0.15, 0.2) is 0 Å². The minimum absolute atomic E-state index is 0.145. The zero-order valence-corrected chi connectivity index (χ0v) is 14.3. The van der Waals surface area contributed by atoms with E-state index in [-0.39, 0.29) is 12.4 Å². The Kier molecular flexibility index (Phi) is 4.90. The fourth-order valence-electron chi connectivity index (χ4n) is 2.95. The van der Waals surface area contributed by atoms with E-state index in [1.165, 1.54) is 13.2 Å². The van der Waals surface area contributed by atoms with Crippen LogP contribution in [0.15, 0.2) is 36.4 Å². The van der Waals surface area contributed by atoms with Crippen LogP contribution in [0.5, 0.6) is 0 Å². The number of nitrogens with one attached hydrogen (secondary N) is 1. The van der Waals surface area contributed by atoms with Gasteiger partial charge in [-0.3, -0.25) is 9.89 Å². The molecular formula is C18H17ClFN3O2. The highest BCUT2D eigenvalue weighted by atomic mass is 35.5. The molecule has 0 aliphatic carbocycles. The lowest BCUT2D eigenvalue weighted by Crippen LogP contribution is -2.09. The van der Waals surface area contributed by atoms with E-state index in [1.54, 1.807) is 18.2 Å². The molecular weight excluding hydrogens is 345 g/mol. The normalized spacial score (nSPS) is 12.3. The molecule has 7 heteroatoms. The van der Waals surface area contributed by atoms with Crippen LogP contribution in [0.2, 0.25) is 5.02 Å². The smallest absolute Gasteiger partial charge is 0.305 e. The molecule has 3 N–H and O–H groups in total. The Balaban J connectivity index is 2.09. The minimum Gasteiger partial charge on any atom is -0.469 e. The highest BCUT2D eigenvalue weighted by Crippen LogP contribution is 2.36. The molecule has 0 fully saturated rings. The van der Waals surface area contributed by atoms with Gasteiger partial charge in [-0.15, -0.1) is 0 Å².